The van der Waals surface area contributed by atoms with Gasteiger partial charge in [0.25, 0.3) is 0 Å². The number of aryl methyl sites for hydroxylation is 2. The predicted octanol–water partition coefficient (Wildman–Crippen LogP) is 14.8. The zero-order valence-electron chi connectivity index (χ0n) is 30.0. The summed E-state index contributed by atoms with van der Waals surface area (Å²) in [5.41, 5.74) is 12.7. The highest BCUT2D eigenvalue weighted by Crippen LogP contribution is 2.45. The van der Waals surface area contributed by atoms with Crippen LogP contribution in [0.4, 0.5) is 0 Å². The Balaban J connectivity index is 1.11. The molecule has 0 unspecified atom stereocenters. The fourth-order valence-corrected chi connectivity index (χ4v) is 8.36. The molecule has 0 saturated carbocycles. The fraction of sp³-hybridized carbons (Fsp3) is 0.0370. The maximum atomic E-state index is 2.43. The van der Waals surface area contributed by atoms with E-state index in [1.165, 1.54) is 98.7 Å². The van der Waals surface area contributed by atoms with Crippen LogP contribution >= 0.6 is 0 Å². The van der Waals surface area contributed by atoms with Gasteiger partial charge in [0.2, 0.25) is 0 Å². The van der Waals surface area contributed by atoms with Crippen LogP contribution in [0.25, 0.3) is 87.6 Å². The van der Waals surface area contributed by atoms with E-state index in [4.69, 9.17) is 0 Å². The van der Waals surface area contributed by atoms with Crippen molar-refractivity contribution in [2.75, 3.05) is 0 Å². The van der Waals surface area contributed by atoms with E-state index >= 15 is 0 Å². The van der Waals surface area contributed by atoms with Crippen molar-refractivity contribution in [3.63, 3.8) is 0 Å². The van der Waals surface area contributed by atoms with Crippen molar-refractivity contribution in [2.45, 2.75) is 12.8 Å². The summed E-state index contributed by atoms with van der Waals surface area (Å²) in [7, 11) is 0. The second kappa shape index (κ2) is 13.7. The molecule has 0 atom stereocenters. The first-order valence-corrected chi connectivity index (χ1v) is 19.0. The van der Waals surface area contributed by atoms with E-state index in [9.17, 15) is 0 Å². The van der Waals surface area contributed by atoms with Crippen molar-refractivity contribution in [3.05, 3.63) is 217 Å². The second-order valence-corrected chi connectivity index (χ2v) is 14.4. The zero-order valence-corrected chi connectivity index (χ0v) is 30.0. The zero-order chi connectivity index (χ0) is 35.8. The van der Waals surface area contributed by atoms with Crippen LogP contribution in [0.2, 0.25) is 0 Å². The quantitative estimate of drug-likeness (QED) is 0.146. The standard InChI is InChI=1S/C54H38/c1-2-11-37(12-3-1)21-22-38-13-10-18-43(33-38)41-23-25-42(26-24-41)46-31-32-51-52(36-46)54(48-30-28-40-15-5-7-17-45(40)35-48)50-20-9-8-19-49(50)53(51)47-29-27-39-14-4-6-16-44(39)34-47/h1-20,23-36H,21-22H2. The Morgan fingerprint density at radius 2 is 0.667 bits per heavy atom. The van der Waals surface area contributed by atoms with Crippen molar-refractivity contribution in [1.29, 1.82) is 0 Å². The Hall–Kier alpha value is -6.76. The van der Waals surface area contributed by atoms with Crippen LogP contribution in [-0.2, 0) is 12.8 Å². The molecule has 0 spiro atoms. The first-order valence-electron chi connectivity index (χ1n) is 19.0. The van der Waals surface area contributed by atoms with Gasteiger partial charge in [0.1, 0.15) is 0 Å². The lowest BCUT2D eigenvalue weighted by molar-refractivity contribution is 0.961. The molecule has 0 aromatic heterocycles. The summed E-state index contributed by atoms with van der Waals surface area (Å²) >= 11 is 0. The van der Waals surface area contributed by atoms with E-state index in [1.54, 1.807) is 0 Å². The lowest BCUT2D eigenvalue weighted by Gasteiger charge is -2.19. The van der Waals surface area contributed by atoms with Crippen molar-refractivity contribution < 1.29 is 0 Å². The largest absolute Gasteiger partial charge is 0.0622 e. The van der Waals surface area contributed by atoms with Crippen LogP contribution in [0.1, 0.15) is 11.1 Å². The molecule has 0 aliphatic rings. The van der Waals surface area contributed by atoms with Crippen molar-refractivity contribution in [1.82, 2.24) is 0 Å². The molecule has 10 rings (SSSR count). The topological polar surface area (TPSA) is 0 Å². The minimum Gasteiger partial charge on any atom is -0.0622 e. The van der Waals surface area contributed by atoms with Gasteiger partial charge in [0.05, 0.1) is 0 Å². The minimum atomic E-state index is 1.03. The van der Waals surface area contributed by atoms with Gasteiger partial charge in [-0.25, -0.2) is 0 Å². The molecule has 0 aliphatic carbocycles. The van der Waals surface area contributed by atoms with Gasteiger partial charge in [-0.2, -0.15) is 0 Å². The summed E-state index contributed by atoms with van der Waals surface area (Å²) in [6.45, 7) is 0. The van der Waals surface area contributed by atoms with Gasteiger partial charge < -0.3 is 0 Å². The number of fused-ring (bicyclic) bond motifs is 4. The van der Waals surface area contributed by atoms with Gasteiger partial charge in [0, 0.05) is 0 Å². The Labute approximate surface area is 316 Å². The van der Waals surface area contributed by atoms with E-state index in [1.807, 2.05) is 0 Å². The van der Waals surface area contributed by atoms with Crippen LogP contribution in [0, 0.1) is 0 Å². The molecule has 0 nitrogen and oxygen atoms in total. The maximum Gasteiger partial charge on any atom is -0.00259 e. The number of rotatable bonds is 7. The van der Waals surface area contributed by atoms with Crippen LogP contribution in [0.3, 0.4) is 0 Å². The van der Waals surface area contributed by atoms with Crippen LogP contribution in [0.15, 0.2) is 206 Å². The van der Waals surface area contributed by atoms with Gasteiger partial charge in [-0.05, 0) is 130 Å². The lowest BCUT2D eigenvalue weighted by Crippen LogP contribution is -1.92. The summed E-state index contributed by atoms with van der Waals surface area (Å²) in [4.78, 5) is 0. The fourth-order valence-electron chi connectivity index (χ4n) is 8.36. The van der Waals surface area contributed by atoms with Gasteiger partial charge in [-0.15, -0.1) is 0 Å². The molecule has 0 saturated heterocycles. The molecule has 0 heterocycles. The summed E-state index contributed by atoms with van der Waals surface area (Å²) in [5, 5.41) is 10.1. The Morgan fingerprint density at radius 3 is 1.30 bits per heavy atom. The Morgan fingerprint density at radius 1 is 0.222 bits per heavy atom. The van der Waals surface area contributed by atoms with Crippen molar-refractivity contribution >= 4 is 43.1 Å². The van der Waals surface area contributed by atoms with E-state index in [2.05, 4.69) is 206 Å². The highest BCUT2D eigenvalue weighted by atomic mass is 14.2. The van der Waals surface area contributed by atoms with E-state index < -0.39 is 0 Å². The van der Waals surface area contributed by atoms with Gasteiger partial charge >= 0.3 is 0 Å². The average molecular weight is 687 g/mol. The normalized spacial score (nSPS) is 11.5. The molecular formula is C54H38. The molecule has 0 aliphatic heterocycles. The van der Waals surface area contributed by atoms with Gasteiger partial charge in [-0.3, -0.25) is 0 Å². The number of hydrogen-bond acceptors (Lipinski definition) is 0. The molecule has 254 valence electrons. The van der Waals surface area contributed by atoms with E-state index in [0.717, 1.165) is 12.8 Å². The molecule has 0 N–H and O–H groups in total. The molecule has 10 aromatic carbocycles. The van der Waals surface area contributed by atoms with Crippen LogP contribution in [-0.4, -0.2) is 0 Å². The molecular weight excluding hydrogens is 649 g/mol. The maximum absolute atomic E-state index is 2.43. The third-order valence-corrected chi connectivity index (χ3v) is 11.1. The smallest absolute Gasteiger partial charge is 0.00259 e. The molecule has 54 heavy (non-hydrogen) atoms. The van der Waals surface area contributed by atoms with Crippen molar-refractivity contribution in [2.24, 2.45) is 0 Å². The highest BCUT2D eigenvalue weighted by Gasteiger charge is 2.18. The SMILES string of the molecule is c1ccc(CCc2cccc(-c3ccc(-c4ccc5c(-c6ccc7ccccc7c6)c6ccccc6c(-c6ccc7ccccc7c6)c5c4)cc3)c2)cc1. The van der Waals surface area contributed by atoms with Crippen molar-refractivity contribution in [3.8, 4) is 44.5 Å². The third kappa shape index (κ3) is 5.93. The summed E-state index contributed by atoms with van der Waals surface area (Å²) in [6, 6.07) is 76.1. The third-order valence-electron chi connectivity index (χ3n) is 11.1. The highest BCUT2D eigenvalue weighted by molar-refractivity contribution is 6.22. The second-order valence-electron chi connectivity index (χ2n) is 14.4. The average Bonchev–Trinajstić information content (AvgIpc) is 3.25. The van der Waals surface area contributed by atoms with E-state index in [0.29, 0.717) is 0 Å². The Kier molecular flexibility index (Phi) is 8.08. The lowest BCUT2D eigenvalue weighted by atomic mass is 9.84. The molecule has 0 radical (unpaired) electrons. The first-order chi connectivity index (χ1) is 26.7. The minimum absolute atomic E-state index is 1.03. The van der Waals surface area contributed by atoms with Gasteiger partial charge in [0.15, 0.2) is 0 Å². The monoisotopic (exact) mass is 686 g/mol. The summed E-state index contributed by atoms with van der Waals surface area (Å²) in [6.07, 6.45) is 2.08. The summed E-state index contributed by atoms with van der Waals surface area (Å²) in [5.74, 6) is 0. The molecule has 0 bridgehead atoms. The first kappa shape index (κ1) is 31.9. The number of hydrogen-bond donors (Lipinski definition) is 0. The Bertz CT molecular complexity index is 2970. The molecule has 0 amide bonds. The van der Waals surface area contributed by atoms with Crippen LogP contribution in [0.5, 0.6) is 0 Å². The molecule has 10 aromatic rings. The van der Waals surface area contributed by atoms with E-state index in [-0.39, 0.29) is 0 Å². The van der Waals surface area contributed by atoms with Crippen LogP contribution < -0.4 is 0 Å². The summed E-state index contributed by atoms with van der Waals surface area (Å²) < 4.78 is 0. The molecule has 0 fully saturated rings. The number of benzene rings is 10. The molecule has 0 heteroatoms. The van der Waals surface area contributed by atoms with Gasteiger partial charge in [-0.1, -0.05) is 188 Å². The predicted molar refractivity (Wildman–Crippen MR) is 232 cm³/mol.